The highest BCUT2D eigenvalue weighted by atomic mass is 16.3. The van der Waals surface area contributed by atoms with Gasteiger partial charge in [-0.1, -0.05) is 37.3 Å². The third kappa shape index (κ3) is 3.05. The van der Waals surface area contributed by atoms with E-state index in [4.69, 9.17) is 0 Å². The van der Waals surface area contributed by atoms with Gasteiger partial charge in [0.15, 0.2) is 0 Å². The molecule has 0 heterocycles. The number of aliphatic hydroxyl groups excluding tert-OH is 1. The van der Waals surface area contributed by atoms with Crippen LogP contribution in [0.3, 0.4) is 0 Å². The highest BCUT2D eigenvalue weighted by Gasteiger charge is 2.00. The van der Waals surface area contributed by atoms with Crippen molar-refractivity contribution in [3.05, 3.63) is 42.3 Å². The summed E-state index contributed by atoms with van der Waals surface area (Å²) in [6.45, 7) is 1.88. The molecule has 1 heteroatoms. The molecule has 0 saturated carbocycles. The van der Waals surface area contributed by atoms with Crippen LogP contribution >= 0.6 is 0 Å². The number of benzene rings is 1. The zero-order valence-corrected chi connectivity index (χ0v) is 7.40. The molecule has 0 fully saturated rings. The first kappa shape index (κ1) is 9.27. The lowest BCUT2D eigenvalue weighted by Gasteiger charge is -2.06. The normalized spacial score (nSPS) is 12.8. The monoisotopic (exact) mass is 163 g/mol. The van der Waals surface area contributed by atoms with Crippen LogP contribution in [0.15, 0.2) is 30.3 Å². The average molecular weight is 163 g/mol. The van der Waals surface area contributed by atoms with Gasteiger partial charge in [0.2, 0.25) is 0 Å². The highest BCUT2D eigenvalue weighted by molar-refractivity contribution is 5.14. The largest absolute Gasteiger partial charge is 0.393 e. The molecular weight excluding hydrogens is 148 g/mol. The van der Waals surface area contributed by atoms with E-state index >= 15 is 0 Å². The van der Waals surface area contributed by atoms with Crippen molar-refractivity contribution in [2.45, 2.75) is 25.9 Å². The quantitative estimate of drug-likeness (QED) is 0.721. The van der Waals surface area contributed by atoms with E-state index in [1.54, 1.807) is 0 Å². The van der Waals surface area contributed by atoms with Gasteiger partial charge in [0.05, 0.1) is 6.10 Å². The Morgan fingerprint density at radius 1 is 1.33 bits per heavy atom. The van der Waals surface area contributed by atoms with Gasteiger partial charge in [-0.05, 0) is 24.8 Å². The third-order valence-corrected chi connectivity index (χ3v) is 1.96. The summed E-state index contributed by atoms with van der Waals surface area (Å²) in [6, 6.07) is 10.2. The van der Waals surface area contributed by atoms with Crippen LogP contribution in [0.1, 0.15) is 18.9 Å². The molecule has 0 aliphatic heterocycles. The summed E-state index contributed by atoms with van der Waals surface area (Å²) in [7, 11) is 0. The van der Waals surface area contributed by atoms with Gasteiger partial charge >= 0.3 is 0 Å². The van der Waals surface area contributed by atoms with Crippen molar-refractivity contribution in [2.24, 2.45) is 0 Å². The number of aryl methyl sites for hydroxylation is 1. The van der Waals surface area contributed by atoms with E-state index in [1.807, 2.05) is 31.5 Å². The smallest absolute Gasteiger partial charge is 0.0572 e. The molecule has 1 nitrogen and oxygen atoms in total. The maximum atomic E-state index is 9.26. The van der Waals surface area contributed by atoms with E-state index in [0.717, 1.165) is 12.8 Å². The fourth-order valence-corrected chi connectivity index (χ4v) is 1.13. The molecule has 1 rings (SSSR count). The lowest BCUT2D eigenvalue weighted by atomic mass is 10.1. The van der Waals surface area contributed by atoms with E-state index in [-0.39, 0.29) is 6.10 Å². The van der Waals surface area contributed by atoms with Crippen LogP contribution in [-0.2, 0) is 6.42 Å². The van der Waals surface area contributed by atoms with Crippen LogP contribution in [0, 0.1) is 6.42 Å². The Hall–Kier alpha value is -0.820. The second kappa shape index (κ2) is 4.94. The zero-order valence-electron chi connectivity index (χ0n) is 7.40. The van der Waals surface area contributed by atoms with Crippen LogP contribution in [-0.4, -0.2) is 11.2 Å². The number of hydrogen-bond acceptors (Lipinski definition) is 1. The van der Waals surface area contributed by atoms with Crippen molar-refractivity contribution in [2.75, 3.05) is 0 Å². The van der Waals surface area contributed by atoms with E-state index < -0.39 is 0 Å². The molecule has 1 atom stereocenters. The van der Waals surface area contributed by atoms with Gasteiger partial charge in [0, 0.05) is 0 Å². The molecule has 1 unspecified atom stereocenters. The molecule has 0 saturated heterocycles. The van der Waals surface area contributed by atoms with Crippen LogP contribution < -0.4 is 0 Å². The molecular formula is C11H15O. The minimum absolute atomic E-state index is 0.259. The molecule has 0 amide bonds. The first-order valence-electron chi connectivity index (χ1n) is 4.34. The summed E-state index contributed by atoms with van der Waals surface area (Å²) in [5, 5.41) is 9.26. The highest BCUT2D eigenvalue weighted by Crippen LogP contribution is 2.05. The van der Waals surface area contributed by atoms with E-state index in [0.29, 0.717) is 0 Å². The predicted octanol–water partition coefficient (Wildman–Crippen LogP) is 2.20. The lowest BCUT2D eigenvalue weighted by Crippen LogP contribution is -2.06. The number of rotatable bonds is 4. The number of hydrogen-bond donors (Lipinski definition) is 1. The Morgan fingerprint density at radius 3 is 2.58 bits per heavy atom. The van der Waals surface area contributed by atoms with Crippen molar-refractivity contribution in [3.8, 4) is 0 Å². The van der Waals surface area contributed by atoms with Gasteiger partial charge in [0.25, 0.3) is 0 Å². The average Bonchev–Trinajstić information content (AvgIpc) is 2.16. The molecule has 1 N–H and O–H groups in total. The van der Waals surface area contributed by atoms with Crippen LogP contribution in [0.4, 0.5) is 0 Å². The Bertz CT molecular complexity index is 206. The summed E-state index contributed by atoms with van der Waals surface area (Å²) in [4.78, 5) is 0. The van der Waals surface area contributed by atoms with Crippen molar-refractivity contribution in [3.63, 3.8) is 0 Å². The predicted molar refractivity (Wildman–Crippen MR) is 50.7 cm³/mol. The molecule has 0 aromatic heterocycles. The van der Waals surface area contributed by atoms with Crippen LogP contribution in [0.2, 0.25) is 0 Å². The Kier molecular flexibility index (Phi) is 3.81. The van der Waals surface area contributed by atoms with E-state index in [9.17, 15) is 5.11 Å². The zero-order chi connectivity index (χ0) is 8.81. The summed E-state index contributed by atoms with van der Waals surface area (Å²) >= 11 is 0. The summed E-state index contributed by atoms with van der Waals surface area (Å²) in [5.41, 5.74) is 1.29. The van der Waals surface area contributed by atoms with Gasteiger partial charge < -0.3 is 5.11 Å². The molecule has 0 aliphatic rings. The molecule has 1 radical (unpaired) electrons. The van der Waals surface area contributed by atoms with Gasteiger partial charge in [0.1, 0.15) is 0 Å². The summed E-state index contributed by atoms with van der Waals surface area (Å²) < 4.78 is 0. The minimum atomic E-state index is -0.259. The molecule has 65 valence electrons. The fraction of sp³-hybridized carbons (Fsp3) is 0.364. The van der Waals surface area contributed by atoms with Crippen molar-refractivity contribution < 1.29 is 5.11 Å². The van der Waals surface area contributed by atoms with E-state index in [2.05, 4.69) is 12.1 Å². The third-order valence-electron chi connectivity index (χ3n) is 1.96. The maximum absolute atomic E-state index is 9.26. The Labute approximate surface area is 74.1 Å². The van der Waals surface area contributed by atoms with Crippen molar-refractivity contribution in [1.82, 2.24) is 0 Å². The Morgan fingerprint density at radius 2 is 2.00 bits per heavy atom. The standard InChI is InChI=1S/C11H15O/c1-2-11(12)9-8-10-6-4-3-5-7-10/h2-7,11-12H,8-9H2,1H3. The van der Waals surface area contributed by atoms with Gasteiger partial charge in [-0.3, -0.25) is 0 Å². The topological polar surface area (TPSA) is 20.2 Å². The lowest BCUT2D eigenvalue weighted by molar-refractivity contribution is 0.197. The first-order chi connectivity index (χ1) is 5.83. The molecule has 12 heavy (non-hydrogen) atoms. The van der Waals surface area contributed by atoms with Crippen LogP contribution in [0.25, 0.3) is 0 Å². The second-order valence-corrected chi connectivity index (χ2v) is 2.92. The summed E-state index contributed by atoms with van der Waals surface area (Å²) in [5.74, 6) is 0. The summed E-state index contributed by atoms with van der Waals surface area (Å²) in [6.07, 6.45) is 3.33. The van der Waals surface area contributed by atoms with Crippen molar-refractivity contribution >= 4 is 0 Å². The molecule has 1 aromatic carbocycles. The Balaban J connectivity index is 2.33. The van der Waals surface area contributed by atoms with Gasteiger partial charge in [-0.15, -0.1) is 0 Å². The van der Waals surface area contributed by atoms with Crippen LogP contribution in [0.5, 0.6) is 0 Å². The molecule has 0 bridgehead atoms. The van der Waals surface area contributed by atoms with Gasteiger partial charge in [-0.2, -0.15) is 0 Å². The number of aliphatic hydroxyl groups is 1. The van der Waals surface area contributed by atoms with Gasteiger partial charge in [-0.25, -0.2) is 0 Å². The molecule has 0 aliphatic carbocycles. The maximum Gasteiger partial charge on any atom is 0.0572 e. The second-order valence-electron chi connectivity index (χ2n) is 2.92. The molecule has 1 aromatic rings. The first-order valence-corrected chi connectivity index (χ1v) is 4.34. The van der Waals surface area contributed by atoms with Crippen molar-refractivity contribution in [1.29, 1.82) is 0 Å². The fourth-order valence-electron chi connectivity index (χ4n) is 1.13. The minimum Gasteiger partial charge on any atom is -0.393 e. The SMILES string of the molecule is C[CH]C(O)CCc1ccccc1. The molecule has 0 spiro atoms. The van der Waals surface area contributed by atoms with E-state index in [1.165, 1.54) is 5.56 Å².